The summed E-state index contributed by atoms with van der Waals surface area (Å²) in [6.07, 6.45) is 3.15. The number of aryl methyl sites for hydroxylation is 1. The number of benzene rings is 1. The van der Waals surface area contributed by atoms with Crippen LogP contribution in [0.5, 0.6) is 0 Å². The number of rotatable bonds is 3. The van der Waals surface area contributed by atoms with Crippen molar-refractivity contribution in [1.82, 2.24) is 14.9 Å². The fraction of sp³-hybridized carbons (Fsp3) is 0.353. The molecular formula is C17H19FN4O. The second kappa shape index (κ2) is 6.73. The van der Waals surface area contributed by atoms with Crippen molar-refractivity contribution in [3.8, 4) is 0 Å². The highest BCUT2D eigenvalue weighted by molar-refractivity contribution is 5.94. The molecular weight excluding hydrogens is 295 g/mol. The molecule has 1 aromatic carbocycles. The number of nitrogens with one attached hydrogen (secondary N) is 1. The molecule has 0 atom stereocenters. The Kier molecular flexibility index (Phi) is 4.50. The van der Waals surface area contributed by atoms with Crippen LogP contribution in [0.4, 0.5) is 10.2 Å². The predicted octanol–water partition coefficient (Wildman–Crippen LogP) is 2.64. The number of amides is 1. The van der Waals surface area contributed by atoms with E-state index in [2.05, 4.69) is 15.3 Å². The normalized spacial score (nSPS) is 15.5. The Hall–Kier alpha value is -2.50. The van der Waals surface area contributed by atoms with Crippen molar-refractivity contribution < 1.29 is 9.18 Å². The van der Waals surface area contributed by atoms with Crippen molar-refractivity contribution in [3.05, 3.63) is 53.7 Å². The lowest BCUT2D eigenvalue weighted by molar-refractivity contribution is 0.0713. The summed E-state index contributed by atoms with van der Waals surface area (Å²) in [6.45, 7) is 3.13. The largest absolute Gasteiger partial charge is 0.367 e. The van der Waals surface area contributed by atoms with Gasteiger partial charge in [0.25, 0.3) is 5.91 Å². The molecule has 0 unspecified atom stereocenters. The van der Waals surface area contributed by atoms with Gasteiger partial charge in [-0.25, -0.2) is 14.4 Å². The second-order valence-electron chi connectivity index (χ2n) is 5.74. The molecule has 6 heteroatoms. The molecule has 120 valence electrons. The topological polar surface area (TPSA) is 58.1 Å². The van der Waals surface area contributed by atoms with Gasteiger partial charge in [0.2, 0.25) is 0 Å². The monoisotopic (exact) mass is 314 g/mol. The Labute approximate surface area is 134 Å². The Morgan fingerprint density at radius 1 is 1.26 bits per heavy atom. The van der Waals surface area contributed by atoms with Crippen LogP contribution in [0.3, 0.4) is 0 Å². The van der Waals surface area contributed by atoms with Gasteiger partial charge in [0, 0.05) is 30.9 Å². The van der Waals surface area contributed by atoms with Crippen LogP contribution in [0.15, 0.2) is 36.7 Å². The van der Waals surface area contributed by atoms with E-state index in [0.29, 0.717) is 13.1 Å². The molecule has 1 fully saturated rings. The summed E-state index contributed by atoms with van der Waals surface area (Å²) in [4.78, 5) is 22.4. The van der Waals surface area contributed by atoms with Crippen molar-refractivity contribution in [3.63, 3.8) is 0 Å². The molecule has 0 aliphatic carbocycles. The van der Waals surface area contributed by atoms with E-state index in [4.69, 9.17) is 0 Å². The third-order valence-corrected chi connectivity index (χ3v) is 4.04. The molecule has 1 aliphatic rings. The third-order valence-electron chi connectivity index (χ3n) is 4.04. The number of hydrogen-bond acceptors (Lipinski definition) is 4. The third kappa shape index (κ3) is 3.64. The summed E-state index contributed by atoms with van der Waals surface area (Å²) >= 11 is 0. The van der Waals surface area contributed by atoms with Crippen LogP contribution in [0.25, 0.3) is 0 Å². The fourth-order valence-electron chi connectivity index (χ4n) is 2.77. The molecule has 0 bridgehead atoms. The van der Waals surface area contributed by atoms with Crippen LogP contribution >= 0.6 is 0 Å². The van der Waals surface area contributed by atoms with E-state index in [1.807, 2.05) is 13.0 Å². The molecule has 3 rings (SSSR count). The number of hydrogen-bond donors (Lipinski definition) is 1. The molecule has 2 aromatic rings. The maximum Gasteiger partial charge on any atom is 0.256 e. The maximum atomic E-state index is 13.7. The highest BCUT2D eigenvalue weighted by Crippen LogP contribution is 2.18. The molecule has 0 spiro atoms. The first-order chi connectivity index (χ1) is 11.1. The van der Waals surface area contributed by atoms with Crippen LogP contribution in [-0.2, 0) is 0 Å². The van der Waals surface area contributed by atoms with Crippen molar-refractivity contribution in [2.45, 2.75) is 25.8 Å². The van der Waals surface area contributed by atoms with Crippen LogP contribution in [0, 0.1) is 12.7 Å². The van der Waals surface area contributed by atoms with E-state index in [1.165, 1.54) is 18.5 Å². The van der Waals surface area contributed by atoms with Gasteiger partial charge in [0.15, 0.2) is 0 Å². The quantitative estimate of drug-likeness (QED) is 0.946. The molecule has 1 saturated heterocycles. The predicted molar refractivity (Wildman–Crippen MR) is 85.7 cm³/mol. The average Bonchev–Trinajstić information content (AvgIpc) is 2.55. The zero-order valence-electron chi connectivity index (χ0n) is 13.0. The van der Waals surface area contributed by atoms with Gasteiger partial charge in [-0.3, -0.25) is 4.79 Å². The van der Waals surface area contributed by atoms with Gasteiger partial charge in [-0.05, 0) is 31.9 Å². The molecule has 0 radical (unpaired) electrons. The van der Waals surface area contributed by atoms with E-state index in [9.17, 15) is 9.18 Å². The molecule has 0 saturated carbocycles. The minimum atomic E-state index is -0.464. The van der Waals surface area contributed by atoms with Gasteiger partial charge >= 0.3 is 0 Å². The zero-order chi connectivity index (χ0) is 16.2. The highest BCUT2D eigenvalue weighted by atomic mass is 19.1. The first-order valence-electron chi connectivity index (χ1n) is 7.72. The number of anilines is 1. The van der Waals surface area contributed by atoms with E-state index < -0.39 is 5.82 Å². The lowest BCUT2D eigenvalue weighted by Gasteiger charge is -2.32. The first-order valence-corrected chi connectivity index (χ1v) is 7.72. The van der Waals surface area contributed by atoms with Crippen molar-refractivity contribution >= 4 is 11.7 Å². The summed E-state index contributed by atoms with van der Waals surface area (Å²) in [5.41, 5.74) is 1.06. The first kappa shape index (κ1) is 15.4. The summed E-state index contributed by atoms with van der Waals surface area (Å²) in [5.74, 6) is 0.102. The summed E-state index contributed by atoms with van der Waals surface area (Å²) in [6, 6.07) is 8.28. The zero-order valence-corrected chi connectivity index (χ0v) is 13.0. The standard InChI is InChI=1S/C17H19FN4O/c1-12-10-16(20-11-19-12)21-13-6-8-22(9-7-13)17(23)14-4-2-3-5-15(14)18/h2-5,10-11,13H,6-9H2,1H3,(H,19,20,21). The molecule has 1 aliphatic heterocycles. The summed E-state index contributed by atoms with van der Waals surface area (Å²) < 4.78 is 13.7. The van der Waals surface area contributed by atoms with E-state index in [1.54, 1.807) is 17.0 Å². The molecule has 2 heterocycles. The number of likely N-dealkylation sites (tertiary alicyclic amines) is 1. The van der Waals surface area contributed by atoms with Gasteiger partial charge in [-0.2, -0.15) is 0 Å². The van der Waals surface area contributed by atoms with Gasteiger partial charge in [-0.15, -0.1) is 0 Å². The average molecular weight is 314 g/mol. The number of carbonyl (C=O) groups excluding carboxylic acids is 1. The molecule has 1 aromatic heterocycles. The Morgan fingerprint density at radius 3 is 2.70 bits per heavy atom. The molecule has 1 amide bonds. The Balaban J connectivity index is 1.58. The van der Waals surface area contributed by atoms with E-state index >= 15 is 0 Å². The lowest BCUT2D eigenvalue weighted by Crippen LogP contribution is -2.42. The van der Waals surface area contributed by atoms with Crippen molar-refractivity contribution in [2.24, 2.45) is 0 Å². The lowest BCUT2D eigenvalue weighted by atomic mass is 10.0. The van der Waals surface area contributed by atoms with Gasteiger partial charge in [0.05, 0.1) is 5.56 Å². The fourth-order valence-corrected chi connectivity index (χ4v) is 2.77. The Bertz CT molecular complexity index is 698. The maximum absolute atomic E-state index is 13.7. The molecule has 23 heavy (non-hydrogen) atoms. The van der Waals surface area contributed by atoms with Crippen LogP contribution in [0.2, 0.25) is 0 Å². The summed E-state index contributed by atoms with van der Waals surface area (Å²) in [7, 11) is 0. The second-order valence-corrected chi connectivity index (χ2v) is 5.74. The van der Waals surface area contributed by atoms with Crippen LogP contribution < -0.4 is 5.32 Å². The number of nitrogens with zero attached hydrogens (tertiary/aromatic N) is 3. The van der Waals surface area contributed by atoms with Crippen molar-refractivity contribution in [1.29, 1.82) is 0 Å². The Morgan fingerprint density at radius 2 is 2.00 bits per heavy atom. The number of aromatic nitrogens is 2. The minimum absolute atomic E-state index is 0.144. The molecule has 1 N–H and O–H groups in total. The van der Waals surface area contributed by atoms with E-state index in [0.717, 1.165) is 24.4 Å². The smallest absolute Gasteiger partial charge is 0.256 e. The van der Waals surface area contributed by atoms with E-state index in [-0.39, 0.29) is 17.5 Å². The molecule has 5 nitrogen and oxygen atoms in total. The van der Waals surface area contributed by atoms with Crippen LogP contribution in [-0.4, -0.2) is 39.9 Å². The number of halogens is 1. The summed E-state index contributed by atoms with van der Waals surface area (Å²) in [5, 5.41) is 3.37. The highest BCUT2D eigenvalue weighted by Gasteiger charge is 2.25. The SMILES string of the molecule is Cc1cc(NC2CCN(C(=O)c3ccccc3F)CC2)ncn1. The van der Waals surface area contributed by atoms with Gasteiger partial charge in [0.1, 0.15) is 18.0 Å². The van der Waals surface area contributed by atoms with Gasteiger partial charge in [-0.1, -0.05) is 12.1 Å². The number of piperidine rings is 1. The van der Waals surface area contributed by atoms with Crippen LogP contribution in [0.1, 0.15) is 28.9 Å². The number of carbonyl (C=O) groups is 1. The minimum Gasteiger partial charge on any atom is -0.367 e. The van der Waals surface area contributed by atoms with Gasteiger partial charge < -0.3 is 10.2 Å². The van der Waals surface area contributed by atoms with Crippen molar-refractivity contribution in [2.75, 3.05) is 18.4 Å².